The van der Waals surface area contributed by atoms with Gasteiger partial charge in [0.1, 0.15) is 5.75 Å². The largest absolute Gasteiger partial charge is 0.513 e. The Labute approximate surface area is 170 Å². The summed E-state index contributed by atoms with van der Waals surface area (Å²) < 4.78 is 9.69. The maximum Gasteiger partial charge on any atom is 0.513 e. The zero-order valence-electron chi connectivity index (χ0n) is 16.7. The van der Waals surface area contributed by atoms with E-state index in [-0.39, 0.29) is 12.6 Å². The number of amides is 2. The van der Waals surface area contributed by atoms with Crippen molar-refractivity contribution in [3.8, 4) is 5.75 Å². The second kappa shape index (κ2) is 9.79. The maximum atomic E-state index is 12.2. The number of ether oxygens (including phenoxy) is 2. The lowest BCUT2D eigenvalue weighted by Gasteiger charge is -2.34. The Bertz CT molecular complexity index is 816. The molecule has 0 saturated carbocycles. The molecule has 2 aromatic rings. The Morgan fingerprint density at radius 3 is 2.00 bits per heavy atom. The van der Waals surface area contributed by atoms with E-state index in [1.54, 1.807) is 31.2 Å². The van der Waals surface area contributed by atoms with Crippen molar-refractivity contribution >= 4 is 29.2 Å². The first-order chi connectivity index (χ1) is 14.0. The van der Waals surface area contributed by atoms with Crippen LogP contribution in [0.25, 0.3) is 0 Å². The maximum absolute atomic E-state index is 12.2. The standard InChI is InChI=1S/C21H26N4O4/c1-3-28-21(27)29-19-10-6-17(7-11-19)23-20(26)22-16-4-8-18(9-5-16)25-14-12-24(2)13-15-25/h4-11H,3,12-15H2,1-2H3,(H2,22,23,26). The molecule has 2 N–H and O–H groups in total. The Balaban J connectivity index is 1.49. The highest BCUT2D eigenvalue weighted by molar-refractivity contribution is 5.99. The summed E-state index contributed by atoms with van der Waals surface area (Å²) in [7, 11) is 2.13. The molecule has 2 amide bonds. The van der Waals surface area contributed by atoms with Gasteiger partial charge in [-0.25, -0.2) is 9.59 Å². The van der Waals surface area contributed by atoms with Crippen LogP contribution in [0.4, 0.5) is 26.7 Å². The van der Waals surface area contributed by atoms with Crippen molar-refractivity contribution < 1.29 is 19.1 Å². The van der Waals surface area contributed by atoms with Crippen LogP contribution in [0.5, 0.6) is 5.75 Å². The van der Waals surface area contributed by atoms with Crippen molar-refractivity contribution in [2.75, 3.05) is 55.4 Å². The monoisotopic (exact) mass is 398 g/mol. The van der Waals surface area contributed by atoms with Crippen molar-refractivity contribution in [2.45, 2.75) is 6.92 Å². The van der Waals surface area contributed by atoms with Gasteiger partial charge in [0, 0.05) is 43.2 Å². The summed E-state index contributed by atoms with van der Waals surface area (Å²) in [5.74, 6) is 0.342. The molecular formula is C21H26N4O4. The number of benzene rings is 2. The predicted octanol–water partition coefficient (Wildman–Crippen LogP) is 3.62. The van der Waals surface area contributed by atoms with Crippen LogP contribution in [-0.4, -0.2) is 56.9 Å². The van der Waals surface area contributed by atoms with Gasteiger partial charge in [0.2, 0.25) is 0 Å². The molecule has 154 valence electrons. The van der Waals surface area contributed by atoms with Crippen LogP contribution >= 0.6 is 0 Å². The van der Waals surface area contributed by atoms with Gasteiger partial charge in [-0.05, 0) is 62.5 Å². The topological polar surface area (TPSA) is 83.1 Å². The number of rotatable bonds is 5. The molecule has 0 unspecified atom stereocenters. The predicted molar refractivity (Wildman–Crippen MR) is 113 cm³/mol. The first kappa shape index (κ1) is 20.5. The van der Waals surface area contributed by atoms with Crippen molar-refractivity contribution in [1.29, 1.82) is 0 Å². The van der Waals surface area contributed by atoms with Crippen molar-refractivity contribution in [3.05, 3.63) is 48.5 Å². The molecule has 0 spiro atoms. The van der Waals surface area contributed by atoms with E-state index >= 15 is 0 Å². The number of piperazine rings is 1. The second-order valence-corrected chi connectivity index (χ2v) is 6.73. The van der Waals surface area contributed by atoms with Crippen LogP contribution in [0.3, 0.4) is 0 Å². The molecule has 1 fully saturated rings. The first-order valence-corrected chi connectivity index (χ1v) is 9.59. The van der Waals surface area contributed by atoms with Gasteiger partial charge in [-0.15, -0.1) is 0 Å². The molecular weight excluding hydrogens is 372 g/mol. The van der Waals surface area contributed by atoms with Crippen molar-refractivity contribution in [2.24, 2.45) is 0 Å². The third-order valence-corrected chi connectivity index (χ3v) is 4.57. The van der Waals surface area contributed by atoms with Gasteiger partial charge in [-0.3, -0.25) is 0 Å². The van der Waals surface area contributed by atoms with E-state index in [1.165, 1.54) is 0 Å². The van der Waals surface area contributed by atoms with E-state index in [2.05, 4.69) is 27.5 Å². The minimum atomic E-state index is -0.758. The number of urea groups is 1. The number of nitrogens with one attached hydrogen (secondary N) is 2. The normalized spacial score (nSPS) is 14.2. The highest BCUT2D eigenvalue weighted by Gasteiger charge is 2.14. The highest BCUT2D eigenvalue weighted by atomic mass is 16.7. The molecule has 1 aliphatic heterocycles. The van der Waals surface area contributed by atoms with Crippen LogP contribution in [0, 0.1) is 0 Å². The van der Waals surface area contributed by atoms with Gasteiger partial charge in [0.25, 0.3) is 0 Å². The minimum Gasteiger partial charge on any atom is -0.434 e. The highest BCUT2D eigenvalue weighted by Crippen LogP contribution is 2.20. The Morgan fingerprint density at radius 2 is 1.45 bits per heavy atom. The Kier molecular flexibility index (Phi) is 6.91. The summed E-state index contributed by atoms with van der Waals surface area (Å²) in [4.78, 5) is 28.1. The second-order valence-electron chi connectivity index (χ2n) is 6.73. The molecule has 0 radical (unpaired) electrons. The van der Waals surface area contributed by atoms with Gasteiger partial charge >= 0.3 is 12.2 Å². The average molecular weight is 398 g/mol. The number of carbonyl (C=O) groups is 2. The van der Waals surface area contributed by atoms with E-state index in [4.69, 9.17) is 9.47 Å². The van der Waals surface area contributed by atoms with Crippen molar-refractivity contribution in [1.82, 2.24) is 4.90 Å². The number of carbonyl (C=O) groups excluding carboxylic acids is 2. The van der Waals surface area contributed by atoms with E-state index in [1.807, 2.05) is 24.3 Å². The molecule has 2 aromatic carbocycles. The quantitative estimate of drug-likeness (QED) is 0.591. The molecule has 8 nitrogen and oxygen atoms in total. The van der Waals surface area contributed by atoms with Gasteiger partial charge in [0.15, 0.2) is 0 Å². The molecule has 0 atom stereocenters. The van der Waals surface area contributed by atoms with Crippen LogP contribution in [0.1, 0.15) is 6.92 Å². The summed E-state index contributed by atoms with van der Waals surface area (Å²) in [5.41, 5.74) is 2.44. The van der Waals surface area contributed by atoms with E-state index in [0.29, 0.717) is 17.1 Å². The van der Waals surface area contributed by atoms with Crippen LogP contribution in [0.2, 0.25) is 0 Å². The number of hydrogen-bond acceptors (Lipinski definition) is 6. The molecule has 0 bridgehead atoms. The van der Waals surface area contributed by atoms with Gasteiger partial charge < -0.3 is 29.9 Å². The summed E-state index contributed by atoms with van der Waals surface area (Å²) in [6.45, 7) is 6.04. The summed E-state index contributed by atoms with van der Waals surface area (Å²) in [5, 5.41) is 5.55. The fourth-order valence-electron chi connectivity index (χ4n) is 2.96. The zero-order chi connectivity index (χ0) is 20.6. The van der Waals surface area contributed by atoms with Crippen LogP contribution < -0.4 is 20.3 Å². The number of likely N-dealkylation sites (N-methyl/N-ethyl adjacent to an activating group) is 1. The fourth-order valence-corrected chi connectivity index (χ4v) is 2.96. The molecule has 8 heteroatoms. The van der Waals surface area contributed by atoms with Gasteiger partial charge in [-0.1, -0.05) is 0 Å². The molecule has 1 saturated heterocycles. The summed E-state index contributed by atoms with van der Waals surface area (Å²) >= 11 is 0. The van der Waals surface area contributed by atoms with E-state index < -0.39 is 6.16 Å². The number of anilines is 3. The third kappa shape index (κ3) is 6.11. The fraction of sp³-hybridized carbons (Fsp3) is 0.333. The molecule has 29 heavy (non-hydrogen) atoms. The number of nitrogens with zero attached hydrogens (tertiary/aromatic N) is 2. The molecule has 1 heterocycles. The molecule has 0 aliphatic carbocycles. The van der Waals surface area contributed by atoms with E-state index in [9.17, 15) is 9.59 Å². The zero-order valence-corrected chi connectivity index (χ0v) is 16.7. The lowest BCUT2D eigenvalue weighted by molar-refractivity contribution is 0.104. The van der Waals surface area contributed by atoms with Crippen LogP contribution in [-0.2, 0) is 4.74 Å². The summed E-state index contributed by atoms with van der Waals surface area (Å²) in [6, 6.07) is 13.9. The average Bonchev–Trinajstić information content (AvgIpc) is 2.71. The SMILES string of the molecule is CCOC(=O)Oc1ccc(NC(=O)Nc2ccc(N3CCN(C)CC3)cc2)cc1. The Morgan fingerprint density at radius 1 is 0.897 bits per heavy atom. The summed E-state index contributed by atoms with van der Waals surface area (Å²) in [6.07, 6.45) is -0.758. The molecule has 0 aromatic heterocycles. The molecule has 1 aliphatic rings. The smallest absolute Gasteiger partial charge is 0.434 e. The van der Waals surface area contributed by atoms with E-state index in [0.717, 1.165) is 31.9 Å². The van der Waals surface area contributed by atoms with Crippen molar-refractivity contribution in [3.63, 3.8) is 0 Å². The Hall–Kier alpha value is -3.26. The van der Waals surface area contributed by atoms with Gasteiger partial charge in [0.05, 0.1) is 6.61 Å². The minimum absolute atomic E-state index is 0.245. The lowest BCUT2D eigenvalue weighted by Crippen LogP contribution is -2.44. The van der Waals surface area contributed by atoms with Gasteiger partial charge in [-0.2, -0.15) is 0 Å². The third-order valence-electron chi connectivity index (χ3n) is 4.57. The lowest BCUT2D eigenvalue weighted by atomic mass is 10.2. The first-order valence-electron chi connectivity index (χ1n) is 9.59. The van der Waals surface area contributed by atoms with Crippen LogP contribution in [0.15, 0.2) is 48.5 Å². The number of hydrogen-bond donors (Lipinski definition) is 2. The molecule has 3 rings (SSSR count).